The van der Waals surface area contributed by atoms with Crippen LogP contribution in [0.2, 0.25) is 0 Å². The van der Waals surface area contributed by atoms with E-state index in [9.17, 15) is 9.00 Å². The minimum Gasteiger partial charge on any atom is -0.383 e. The minimum absolute atomic E-state index is 0.0658. The van der Waals surface area contributed by atoms with Gasteiger partial charge in [-0.15, -0.1) is 0 Å². The maximum absolute atomic E-state index is 11.1. The van der Waals surface area contributed by atoms with Crippen LogP contribution >= 0.6 is 0 Å². The van der Waals surface area contributed by atoms with Gasteiger partial charge in [-0.1, -0.05) is 0 Å². The molecule has 84 valence electrons. The summed E-state index contributed by atoms with van der Waals surface area (Å²) in [7, 11) is 0.783. The molecule has 0 heterocycles. The van der Waals surface area contributed by atoms with E-state index in [-0.39, 0.29) is 12.5 Å². The van der Waals surface area contributed by atoms with Gasteiger partial charge in [-0.25, -0.2) is 0 Å². The van der Waals surface area contributed by atoms with Gasteiger partial charge in [0.25, 0.3) is 0 Å². The molecule has 0 bridgehead atoms. The summed E-state index contributed by atoms with van der Waals surface area (Å²) in [6.07, 6.45) is 1.64. The lowest BCUT2D eigenvalue weighted by molar-refractivity contribution is -0.120. The maximum Gasteiger partial charge on any atom is 0.234 e. The van der Waals surface area contributed by atoms with Gasteiger partial charge in [-0.2, -0.15) is 0 Å². The quantitative estimate of drug-likeness (QED) is 0.502. The van der Waals surface area contributed by atoms with Crippen molar-refractivity contribution >= 4 is 16.7 Å². The first-order chi connectivity index (χ1) is 6.66. The summed E-state index contributed by atoms with van der Waals surface area (Å²) in [5.41, 5.74) is 0. The second kappa shape index (κ2) is 9.11. The third-order valence-corrected chi connectivity index (χ3v) is 2.26. The molecule has 1 unspecified atom stereocenters. The molecular formula is C8H18N2O3S. The molecule has 0 spiro atoms. The number of carbonyl (C=O) groups excluding carboxylic acids is 1. The lowest BCUT2D eigenvalue weighted by atomic mass is 10.5. The molecule has 2 N–H and O–H groups in total. The molecule has 0 aromatic rings. The lowest BCUT2D eigenvalue weighted by Gasteiger charge is -2.05. The predicted molar refractivity (Wildman–Crippen MR) is 56.7 cm³/mol. The van der Waals surface area contributed by atoms with Gasteiger partial charge in [0.15, 0.2) is 0 Å². The Hall–Kier alpha value is -0.460. The van der Waals surface area contributed by atoms with Gasteiger partial charge in [-0.05, 0) is 0 Å². The van der Waals surface area contributed by atoms with Crippen molar-refractivity contribution < 1.29 is 13.7 Å². The van der Waals surface area contributed by atoms with Crippen LogP contribution in [-0.2, 0) is 20.3 Å². The van der Waals surface area contributed by atoms with Crippen LogP contribution in [-0.4, -0.2) is 55.5 Å². The summed E-state index contributed by atoms with van der Waals surface area (Å²) >= 11 is 0. The van der Waals surface area contributed by atoms with E-state index in [0.717, 1.165) is 0 Å². The van der Waals surface area contributed by atoms with E-state index in [2.05, 4.69) is 10.6 Å². The zero-order valence-corrected chi connectivity index (χ0v) is 9.49. The molecule has 14 heavy (non-hydrogen) atoms. The highest BCUT2D eigenvalue weighted by atomic mass is 32.2. The molecule has 0 aliphatic rings. The van der Waals surface area contributed by atoms with Crippen LogP contribution in [0, 0.1) is 0 Å². The molecule has 0 aromatic carbocycles. The monoisotopic (exact) mass is 222 g/mol. The van der Waals surface area contributed by atoms with Gasteiger partial charge in [0, 0.05) is 43.0 Å². The van der Waals surface area contributed by atoms with Gasteiger partial charge >= 0.3 is 0 Å². The Morgan fingerprint density at radius 1 is 1.43 bits per heavy atom. The number of amides is 1. The van der Waals surface area contributed by atoms with Crippen LogP contribution in [0.25, 0.3) is 0 Å². The SMILES string of the molecule is COCCNC(=O)CNCCS(C)=O. The topological polar surface area (TPSA) is 67.4 Å². The van der Waals surface area contributed by atoms with Gasteiger partial charge < -0.3 is 15.4 Å². The van der Waals surface area contributed by atoms with Crippen molar-refractivity contribution in [1.82, 2.24) is 10.6 Å². The first-order valence-electron chi connectivity index (χ1n) is 4.43. The summed E-state index contributed by atoms with van der Waals surface area (Å²) in [5, 5.41) is 5.57. The van der Waals surface area contributed by atoms with Crippen molar-refractivity contribution in [1.29, 1.82) is 0 Å². The van der Waals surface area contributed by atoms with Gasteiger partial charge in [0.05, 0.1) is 13.2 Å². The van der Waals surface area contributed by atoms with Crippen LogP contribution in [0.4, 0.5) is 0 Å². The molecule has 0 fully saturated rings. The molecule has 0 aliphatic carbocycles. The van der Waals surface area contributed by atoms with Crippen molar-refractivity contribution in [3.8, 4) is 0 Å². The molecule has 0 aromatic heterocycles. The fraction of sp³-hybridized carbons (Fsp3) is 0.875. The fourth-order valence-electron chi connectivity index (χ4n) is 0.773. The van der Waals surface area contributed by atoms with Crippen molar-refractivity contribution in [2.45, 2.75) is 0 Å². The average Bonchev–Trinajstić information content (AvgIpc) is 2.13. The van der Waals surface area contributed by atoms with Crippen LogP contribution in [0.5, 0.6) is 0 Å². The molecule has 6 heteroatoms. The number of nitrogens with one attached hydrogen (secondary N) is 2. The van der Waals surface area contributed by atoms with Gasteiger partial charge in [0.2, 0.25) is 5.91 Å². The van der Waals surface area contributed by atoms with Crippen molar-refractivity contribution in [2.75, 3.05) is 45.4 Å². The molecule has 0 aliphatic heterocycles. The molecule has 0 saturated heterocycles. The largest absolute Gasteiger partial charge is 0.383 e. The second-order valence-electron chi connectivity index (χ2n) is 2.80. The molecule has 5 nitrogen and oxygen atoms in total. The highest BCUT2D eigenvalue weighted by Crippen LogP contribution is 1.72. The summed E-state index contributed by atoms with van der Waals surface area (Å²) in [5.74, 6) is 0.509. The summed E-state index contributed by atoms with van der Waals surface area (Å²) < 4.78 is 15.4. The van der Waals surface area contributed by atoms with Crippen molar-refractivity contribution in [3.05, 3.63) is 0 Å². The first kappa shape index (κ1) is 13.5. The Balaban J connectivity index is 3.22. The average molecular weight is 222 g/mol. The number of ether oxygens (including phenoxy) is 1. The Morgan fingerprint density at radius 3 is 2.71 bits per heavy atom. The third-order valence-electron chi connectivity index (χ3n) is 1.48. The van der Waals surface area contributed by atoms with Gasteiger partial charge in [-0.3, -0.25) is 9.00 Å². The van der Waals surface area contributed by atoms with E-state index < -0.39 is 10.8 Å². The van der Waals surface area contributed by atoms with Crippen molar-refractivity contribution in [2.24, 2.45) is 0 Å². The Bertz CT molecular complexity index is 187. The van der Waals surface area contributed by atoms with Crippen LogP contribution in [0.15, 0.2) is 0 Å². The van der Waals surface area contributed by atoms with Crippen LogP contribution in [0.1, 0.15) is 0 Å². The van der Waals surface area contributed by atoms with Crippen molar-refractivity contribution in [3.63, 3.8) is 0 Å². The highest BCUT2D eigenvalue weighted by Gasteiger charge is 1.99. The standard InChI is InChI=1S/C8H18N2O3S/c1-13-5-3-10-8(11)7-9-4-6-14(2)12/h9H,3-7H2,1-2H3,(H,10,11). The molecular weight excluding hydrogens is 204 g/mol. The van der Waals surface area contributed by atoms with Gasteiger partial charge in [0.1, 0.15) is 0 Å². The maximum atomic E-state index is 11.1. The summed E-state index contributed by atoms with van der Waals surface area (Å²) in [4.78, 5) is 11.1. The number of hydrogen-bond acceptors (Lipinski definition) is 4. The molecule has 1 amide bonds. The molecule has 1 atom stereocenters. The van der Waals surface area contributed by atoms with E-state index in [1.165, 1.54) is 0 Å². The van der Waals surface area contributed by atoms with E-state index in [4.69, 9.17) is 4.74 Å². The zero-order valence-electron chi connectivity index (χ0n) is 8.67. The normalized spacial score (nSPS) is 12.4. The molecule has 0 radical (unpaired) electrons. The molecule has 0 saturated carbocycles. The van der Waals surface area contributed by atoms with E-state index >= 15 is 0 Å². The fourth-order valence-corrected chi connectivity index (χ4v) is 1.20. The number of rotatable bonds is 8. The van der Waals surface area contributed by atoms with E-state index in [1.807, 2.05) is 0 Å². The highest BCUT2D eigenvalue weighted by molar-refractivity contribution is 7.84. The third kappa shape index (κ3) is 9.63. The zero-order chi connectivity index (χ0) is 10.8. The van der Waals surface area contributed by atoms with E-state index in [0.29, 0.717) is 25.4 Å². The second-order valence-corrected chi connectivity index (χ2v) is 4.35. The predicted octanol–water partition coefficient (Wildman–Crippen LogP) is -1.28. The lowest BCUT2D eigenvalue weighted by Crippen LogP contribution is -2.36. The van der Waals surface area contributed by atoms with E-state index in [1.54, 1.807) is 13.4 Å². The first-order valence-corrected chi connectivity index (χ1v) is 6.16. The number of methoxy groups -OCH3 is 1. The minimum atomic E-state index is -0.801. The van der Waals surface area contributed by atoms with Crippen LogP contribution < -0.4 is 10.6 Å². The smallest absolute Gasteiger partial charge is 0.234 e. The summed E-state index contributed by atoms with van der Waals surface area (Å²) in [6, 6.07) is 0. The number of hydrogen-bond donors (Lipinski definition) is 2. The molecule has 0 rings (SSSR count). The Labute approximate surface area is 87.0 Å². The summed E-state index contributed by atoms with van der Waals surface area (Å²) in [6.45, 7) is 1.91. The number of carbonyl (C=O) groups is 1. The van der Waals surface area contributed by atoms with Crippen LogP contribution in [0.3, 0.4) is 0 Å². The Kier molecular flexibility index (Phi) is 8.81. The Morgan fingerprint density at radius 2 is 2.14 bits per heavy atom.